The molecule has 2 aliphatic rings. The van der Waals surface area contributed by atoms with E-state index in [1.807, 2.05) is 30.5 Å². The second-order valence-corrected chi connectivity index (χ2v) is 7.80. The van der Waals surface area contributed by atoms with Crippen molar-refractivity contribution < 1.29 is 19.5 Å². The maximum Gasteiger partial charge on any atom is 0.326 e. The fourth-order valence-electron chi connectivity index (χ4n) is 4.39. The number of carboxylic acid groups (broad SMARTS) is 1. The third-order valence-electron chi connectivity index (χ3n) is 5.91. The molecule has 4 N–H and O–H groups in total. The Balaban J connectivity index is 1.58. The number of hydrogen-bond acceptors (Lipinski definition) is 4. The monoisotopic (exact) mass is 398 g/mol. The first kappa shape index (κ1) is 19.4. The summed E-state index contributed by atoms with van der Waals surface area (Å²) in [6, 6.07) is 5.86. The predicted molar refractivity (Wildman–Crippen MR) is 107 cm³/mol. The molecule has 0 saturated carbocycles. The summed E-state index contributed by atoms with van der Waals surface area (Å²) in [5.74, 6) is -1.52. The molecule has 2 amide bonds. The molecule has 2 fully saturated rings. The van der Waals surface area contributed by atoms with Gasteiger partial charge in [-0.1, -0.05) is 18.2 Å². The highest BCUT2D eigenvalue weighted by Gasteiger charge is 2.38. The van der Waals surface area contributed by atoms with Gasteiger partial charge in [0.25, 0.3) is 0 Å². The minimum atomic E-state index is -0.995. The van der Waals surface area contributed by atoms with Gasteiger partial charge in [0, 0.05) is 30.1 Å². The minimum absolute atomic E-state index is 0.202. The second-order valence-electron chi connectivity index (χ2n) is 7.80. The number of aromatic amines is 1. The van der Waals surface area contributed by atoms with Crippen molar-refractivity contribution >= 4 is 28.7 Å². The number of likely N-dealkylation sites (tertiary alicyclic amines) is 1. The van der Waals surface area contributed by atoms with E-state index < -0.39 is 18.1 Å². The van der Waals surface area contributed by atoms with E-state index in [1.165, 1.54) is 4.90 Å². The number of carboxylic acids is 1. The zero-order chi connectivity index (χ0) is 20.4. The van der Waals surface area contributed by atoms with Crippen LogP contribution in [0.15, 0.2) is 30.5 Å². The number of nitrogens with one attached hydrogen (secondary N) is 3. The Morgan fingerprint density at radius 2 is 2.03 bits per heavy atom. The number of carbonyl (C=O) groups is 3. The van der Waals surface area contributed by atoms with Crippen molar-refractivity contribution in [3.05, 3.63) is 36.0 Å². The SMILES string of the molecule is O=C(N[C@@H](Cc1c[nH]c2ccccc12)C(=O)N1CCC[C@H]1C(=O)O)[C@@H]1CCCN1. The van der Waals surface area contributed by atoms with Gasteiger partial charge in [-0.2, -0.15) is 0 Å². The molecule has 8 nitrogen and oxygen atoms in total. The standard InChI is InChI=1S/C21H26N4O4/c26-19(16-7-3-9-22-16)24-17(20(27)25-10-4-8-18(25)21(28)29)11-13-12-23-15-6-2-1-5-14(13)15/h1-2,5-6,12,16-18,22-23H,3-4,7-11H2,(H,24,26)(H,28,29)/t16-,17-,18-/m0/s1. The molecule has 154 valence electrons. The van der Waals surface area contributed by atoms with Crippen LogP contribution in [0.1, 0.15) is 31.2 Å². The van der Waals surface area contributed by atoms with Crippen LogP contribution in [-0.2, 0) is 20.8 Å². The number of amides is 2. The third-order valence-corrected chi connectivity index (χ3v) is 5.91. The van der Waals surface area contributed by atoms with Crippen molar-refractivity contribution in [2.45, 2.75) is 50.2 Å². The number of rotatable bonds is 6. The van der Waals surface area contributed by atoms with Gasteiger partial charge in [0.2, 0.25) is 11.8 Å². The van der Waals surface area contributed by atoms with Crippen LogP contribution in [-0.4, -0.2) is 64.0 Å². The summed E-state index contributed by atoms with van der Waals surface area (Å²) in [6.07, 6.45) is 4.92. The Morgan fingerprint density at radius 1 is 1.21 bits per heavy atom. The molecule has 0 aliphatic carbocycles. The minimum Gasteiger partial charge on any atom is -0.480 e. The Hall–Kier alpha value is -2.87. The number of benzene rings is 1. The van der Waals surface area contributed by atoms with E-state index >= 15 is 0 Å². The van der Waals surface area contributed by atoms with Crippen LogP contribution in [0.4, 0.5) is 0 Å². The van der Waals surface area contributed by atoms with Gasteiger partial charge in [-0.3, -0.25) is 9.59 Å². The quantitative estimate of drug-likeness (QED) is 0.580. The third kappa shape index (κ3) is 3.98. The van der Waals surface area contributed by atoms with Gasteiger partial charge in [-0.15, -0.1) is 0 Å². The molecule has 3 atom stereocenters. The molecule has 0 unspecified atom stereocenters. The van der Waals surface area contributed by atoms with Gasteiger partial charge in [0.05, 0.1) is 6.04 Å². The molecule has 1 aromatic carbocycles. The molecule has 29 heavy (non-hydrogen) atoms. The fraction of sp³-hybridized carbons (Fsp3) is 0.476. The highest BCUT2D eigenvalue weighted by atomic mass is 16.4. The van der Waals surface area contributed by atoms with Crippen molar-refractivity contribution in [3.63, 3.8) is 0 Å². The highest BCUT2D eigenvalue weighted by Crippen LogP contribution is 2.23. The molecule has 2 aromatic rings. The Kier molecular flexibility index (Phi) is 5.53. The molecule has 4 rings (SSSR count). The summed E-state index contributed by atoms with van der Waals surface area (Å²) in [5, 5.41) is 16.5. The molecule has 8 heteroatoms. The van der Waals surface area contributed by atoms with Crippen LogP contribution >= 0.6 is 0 Å². The summed E-state index contributed by atoms with van der Waals surface area (Å²) >= 11 is 0. The number of hydrogen-bond donors (Lipinski definition) is 4. The van der Waals surface area contributed by atoms with Crippen molar-refractivity contribution in [3.8, 4) is 0 Å². The molecule has 1 aromatic heterocycles. The lowest BCUT2D eigenvalue weighted by Crippen LogP contribution is -2.55. The molecule has 2 aliphatic heterocycles. The topological polar surface area (TPSA) is 115 Å². The van der Waals surface area contributed by atoms with E-state index in [2.05, 4.69) is 15.6 Å². The maximum atomic E-state index is 13.3. The summed E-state index contributed by atoms with van der Waals surface area (Å²) in [5.41, 5.74) is 1.88. The summed E-state index contributed by atoms with van der Waals surface area (Å²) in [6.45, 7) is 1.18. The molecule has 0 bridgehead atoms. The van der Waals surface area contributed by atoms with E-state index in [1.54, 1.807) is 0 Å². The fourth-order valence-corrected chi connectivity index (χ4v) is 4.39. The highest BCUT2D eigenvalue weighted by molar-refractivity contribution is 5.93. The van der Waals surface area contributed by atoms with Crippen molar-refractivity contribution in [2.24, 2.45) is 0 Å². The largest absolute Gasteiger partial charge is 0.480 e. The number of H-pyrrole nitrogens is 1. The van der Waals surface area contributed by atoms with Gasteiger partial charge in [0.15, 0.2) is 0 Å². The summed E-state index contributed by atoms with van der Waals surface area (Å²) in [7, 11) is 0. The van der Waals surface area contributed by atoms with Gasteiger partial charge >= 0.3 is 5.97 Å². The Bertz CT molecular complexity index is 918. The van der Waals surface area contributed by atoms with E-state index in [0.717, 1.165) is 35.9 Å². The number of aliphatic carboxylic acids is 1. The average molecular weight is 398 g/mol. The maximum absolute atomic E-state index is 13.3. The van der Waals surface area contributed by atoms with E-state index in [4.69, 9.17) is 0 Å². The average Bonchev–Trinajstić information content (AvgIpc) is 3.47. The van der Waals surface area contributed by atoms with E-state index in [0.29, 0.717) is 25.8 Å². The van der Waals surface area contributed by atoms with Gasteiger partial charge in [-0.25, -0.2) is 4.79 Å². The number of nitrogens with zero attached hydrogens (tertiary/aromatic N) is 1. The van der Waals surface area contributed by atoms with Crippen molar-refractivity contribution in [2.75, 3.05) is 13.1 Å². The van der Waals surface area contributed by atoms with Crippen LogP contribution in [0, 0.1) is 0 Å². The predicted octanol–water partition coefficient (Wildman–Crippen LogP) is 1.02. The van der Waals surface area contributed by atoms with Gasteiger partial charge < -0.3 is 25.6 Å². The molecule has 0 spiro atoms. The van der Waals surface area contributed by atoms with Crippen molar-refractivity contribution in [1.29, 1.82) is 0 Å². The summed E-state index contributed by atoms with van der Waals surface area (Å²) in [4.78, 5) is 42.2. The first-order valence-corrected chi connectivity index (χ1v) is 10.2. The molecular weight excluding hydrogens is 372 g/mol. The number of fused-ring (bicyclic) bond motifs is 1. The van der Waals surface area contributed by atoms with Crippen LogP contribution in [0.3, 0.4) is 0 Å². The molecule has 2 saturated heterocycles. The van der Waals surface area contributed by atoms with Crippen LogP contribution in [0.2, 0.25) is 0 Å². The lowest BCUT2D eigenvalue weighted by Gasteiger charge is -2.28. The lowest BCUT2D eigenvalue weighted by molar-refractivity contribution is -0.149. The Morgan fingerprint density at radius 3 is 2.79 bits per heavy atom. The van der Waals surface area contributed by atoms with Gasteiger partial charge in [-0.05, 0) is 43.9 Å². The van der Waals surface area contributed by atoms with Crippen LogP contribution in [0.25, 0.3) is 10.9 Å². The van der Waals surface area contributed by atoms with Crippen LogP contribution in [0.5, 0.6) is 0 Å². The normalized spacial score (nSPS) is 22.7. The molecule has 0 radical (unpaired) electrons. The first-order valence-electron chi connectivity index (χ1n) is 10.2. The number of carbonyl (C=O) groups excluding carboxylic acids is 2. The zero-order valence-electron chi connectivity index (χ0n) is 16.2. The van der Waals surface area contributed by atoms with Crippen LogP contribution < -0.4 is 10.6 Å². The molecule has 3 heterocycles. The smallest absolute Gasteiger partial charge is 0.326 e. The summed E-state index contributed by atoms with van der Waals surface area (Å²) < 4.78 is 0. The number of para-hydroxylation sites is 1. The van der Waals surface area contributed by atoms with E-state index in [-0.39, 0.29) is 17.9 Å². The second kappa shape index (κ2) is 8.24. The first-order chi connectivity index (χ1) is 14.0. The number of aromatic nitrogens is 1. The lowest BCUT2D eigenvalue weighted by atomic mass is 10.0. The Labute approximate surface area is 168 Å². The van der Waals surface area contributed by atoms with E-state index in [9.17, 15) is 19.5 Å². The van der Waals surface area contributed by atoms with Crippen molar-refractivity contribution in [1.82, 2.24) is 20.5 Å². The molecular formula is C21H26N4O4. The zero-order valence-corrected chi connectivity index (χ0v) is 16.2. The van der Waals surface area contributed by atoms with Gasteiger partial charge in [0.1, 0.15) is 12.1 Å².